The molecule has 0 fully saturated rings. The lowest BCUT2D eigenvalue weighted by Crippen LogP contribution is -2.59. The second-order valence-corrected chi connectivity index (χ2v) is 15.6. The summed E-state index contributed by atoms with van der Waals surface area (Å²) in [5.74, 6) is -1.81. The molecule has 5 aromatic rings. The first-order valence-corrected chi connectivity index (χ1v) is 20.4. The van der Waals surface area contributed by atoms with Crippen LogP contribution in [0.15, 0.2) is 115 Å². The minimum absolute atomic E-state index is 0.00268. The first kappa shape index (κ1) is 45.4. The molecule has 6 N–H and O–H groups in total. The van der Waals surface area contributed by atoms with Crippen LogP contribution < -0.4 is 31.3 Å². The molecular formula is C47H56N6O8. The van der Waals surface area contributed by atoms with Crippen molar-refractivity contribution in [1.29, 1.82) is 0 Å². The Morgan fingerprint density at radius 2 is 1.20 bits per heavy atom. The Morgan fingerprint density at radius 3 is 1.84 bits per heavy atom. The van der Waals surface area contributed by atoms with Crippen LogP contribution in [-0.4, -0.2) is 77.6 Å². The summed E-state index contributed by atoms with van der Waals surface area (Å²) in [5.41, 5.74) is 3.28. The van der Waals surface area contributed by atoms with Crippen molar-refractivity contribution >= 4 is 40.6 Å². The minimum atomic E-state index is -1.26. The average molecular weight is 833 g/mol. The zero-order chi connectivity index (χ0) is 43.8. The van der Waals surface area contributed by atoms with E-state index >= 15 is 0 Å². The number of carbonyl (C=O) groups is 5. The van der Waals surface area contributed by atoms with Gasteiger partial charge in [-0.25, -0.2) is 4.79 Å². The van der Waals surface area contributed by atoms with Crippen molar-refractivity contribution in [3.8, 4) is 5.75 Å². The number of para-hydroxylation sites is 1. The molecular weight excluding hydrogens is 777 g/mol. The molecule has 0 saturated carbocycles. The van der Waals surface area contributed by atoms with Crippen molar-refractivity contribution in [2.45, 2.75) is 90.4 Å². The number of rotatable bonds is 20. The van der Waals surface area contributed by atoms with Crippen LogP contribution in [0.2, 0.25) is 0 Å². The molecule has 5 rings (SSSR count). The molecule has 1 heterocycles. The Hall–Kier alpha value is -6.67. The van der Waals surface area contributed by atoms with Gasteiger partial charge in [-0.1, -0.05) is 91.0 Å². The summed E-state index contributed by atoms with van der Waals surface area (Å²) >= 11 is 0. The fourth-order valence-corrected chi connectivity index (χ4v) is 6.39. The van der Waals surface area contributed by atoms with Gasteiger partial charge in [0.1, 0.15) is 42.1 Å². The number of carbonyl (C=O) groups excluding carboxylic acids is 5. The maximum Gasteiger partial charge on any atom is 0.408 e. The second-order valence-electron chi connectivity index (χ2n) is 15.6. The Kier molecular flexibility index (Phi) is 16.4. The monoisotopic (exact) mass is 832 g/mol. The quantitative estimate of drug-likeness (QED) is 0.0613. The van der Waals surface area contributed by atoms with Gasteiger partial charge in [0.15, 0.2) is 0 Å². The standard InChI is InChI=1S/C47H56N6O8/c1-6-48-42(54)31(2)50-45(57)41(30-59-28-33-15-9-7-10-16-33)52-43(55)39(25-32-21-23-36(24-22-32)60-29-34-17-11-8-12-18-34)51-44(56)40(53-46(58)61-47(3,4)5)26-35-27-49-38-20-14-13-19-37(35)38/h7-24,27,31,39-41,49H,6,25-26,28-30H2,1-5H3,(H,48,54)(H,50,57)(H,51,56)(H,52,55)(H,53,58)/t31-,39+,40+,41+/m1/s1. The lowest BCUT2D eigenvalue weighted by Gasteiger charge is -2.27. The number of aromatic nitrogens is 1. The first-order valence-electron chi connectivity index (χ1n) is 20.4. The summed E-state index contributed by atoms with van der Waals surface area (Å²) in [6, 6.07) is 29.1. The molecule has 4 atom stereocenters. The number of aromatic amines is 1. The van der Waals surface area contributed by atoms with Gasteiger partial charge in [0.2, 0.25) is 23.6 Å². The molecule has 322 valence electrons. The molecule has 0 aliphatic heterocycles. The molecule has 14 heteroatoms. The highest BCUT2D eigenvalue weighted by atomic mass is 16.6. The first-order chi connectivity index (χ1) is 29.3. The summed E-state index contributed by atoms with van der Waals surface area (Å²) in [5, 5.41) is 14.5. The van der Waals surface area contributed by atoms with Gasteiger partial charge >= 0.3 is 6.09 Å². The van der Waals surface area contributed by atoms with Gasteiger partial charge in [-0.05, 0) is 75.1 Å². The minimum Gasteiger partial charge on any atom is -0.489 e. The number of fused-ring (bicyclic) bond motifs is 1. The van der Waals surface area contributed by atoms with E-state index in [-0.39, 0.29) is 26.1 Å². The highest BCUT2D eigenvalue weighted by Gasteiger charge is 2.32. The SMILES string of the molecule is CCNC(=O)[C@@H](C)NC(=O)[C@H](COCc1ccccc1)NC(=O)[C@H](Cc1ccc(OCc2ccccc2)cc1)NC(=O)[C@H](Cc1c[nH]c2ccccc12)NC(=O)OC(C)(C)C. The van der Waals surface area contributed by atoms with Crippen molar-refractivity contribution in [3.63, 3.8) is 0 Å². The van der Waals surface area contributed by atoms with Crippen LogP contribution in [0.1, 0.15) is 56.9 Å². The number of H-pyrrole nitrogens is 1. The zero-order valence-corrected chi connectivity index (χ0v) is 35.3. The van der Waals surface area contributed by atoms with Crippen molar-refractivity contribution < 1.29 is 38.2 Å². The number of ether oxygens (including phenoxy) is 3. The largest absolute Gasteiger partial charge is 0.489 e. The summed E-state index contributed by atoms with van der Waals surface area (Å²) in [6.07, 6.45) is 1.02. The summed E-state index contributed by atoms with van der Waals surface area (Å²) in [6.45, 7) is 9.08. The number of hydrogen-bond donors (Lipinski definition) is 6. The van der Waals surface area contributed by atoms with Crippen molar-refractivity contribution in [2.24, 2.45) is 0 Å². The molecule has 14 nitrogen and oxygen atoms in total. The van der Waals surface area contributed by atoms with Crippen LogP contribution in [0.3, 0.4) is 0 Å². The van der Waals surface area contributed by atoms with Crippen LogP contribution in [0.25, 0.3) is 10.9 Å². The van der Waals surface area contributed by atoms with E-state index in [1.54, 1.807) is 58.2 Å². The van der Waals surface area contributed by atoms with E-state index < -0.39 is 59.5 Å². The number of amides is 5. The predicted octanol–water partition coefficient (Wildman–Crippen LogP) is 5.25. The van der Waals surface area contributed by atoms with Crippen molar-refractivity contribution in [2.75, 3.05) is 13.2 Å². The maximum absolute atomic E-state index is 14.4. The molecule has 0 aliphatic carbocycles. The highest BCUT2D eigenvalue weighted by Crippen LogP contribution is 2.20. The van der Waals surface area contributed by atoms with E-state index in [9.17, 15) is 24.0 Å². The summed E-state index contributed by atoms with van der Waals surface area (Å²) in [7, 11) is 0. The van der Waals surface area contributed by atoms with E-state index in [1.807, 2.05) is 84.9 Å². The third-order valence-electron chi connectivity index (χ3n) is 9.48. The Labute approximate surface area is 356 Å². The average Bonchev–Trinajstić information content (AvgIpc) is 3.65. The van der Waals surface area contributed by atoms with E-state index in [2.05, 4.69) is 31.6 Å². The van der Waals surface area contributed by atoms with E-state index in [4.69, 9.17) is 14.2 Å². The molecule has 61 heavy (non-hydrogen) atoms. The molecule has 0 unspecified atom stereocenters. The Bertz CT molecular complexity index is 2210. The van der Waals surface area contributed by atoms with E-state index in [1.165, 1.54) is 6.92 Å². The predicted molar refractivity (Wildman–Crippen MR) is 232 cm³/mol. The zero-order valence-electron chi connectivity index (χ0n) is 35.3. The normalized spacial score (nSPS) is 13.2. The number of benzene rings is 4. The van der Waals surface area contributed by atoms with Gasteiger partial charge in [-0.2, -0.15) is 0 Å². The molecule has 0 aliphatic rings. The molecule has 0 bridgehead atoms. The van der Waals surface area contributed by atoms with Gasteiger partial charge in [-0.3, -0.25) is 19.2 Å². The molecule has 0 saturated heterocycles. The van der Waals surface area contributed by atoms with Gasteiger partial charge in [0.25, 0.3) is 0 Å². The Balaban J connectivity index is 1.41. The van der Waals surface area contributed by atoms with Gasteiger partial charge in [0, 0.05) is 36.5 Å². The number of hydrogen-bond acceptors (Lipinski definition) is 8. The van der Waals surface area contributed by atoms with Crippen molar-refractivity contribution in [1.82, 2.24) is 31.6 Å². The molecule has 4 aromatic carbocycles. The van der Waals surface area contributed by atoms with Crippen LogP contribution in [0, 0.1) is 0 Å². The van der Waals surface area contributed by atoms with Gasteiger partial charge in [0.05, 0.1) is 13.2 Å². The van der Waals surface area contributed by atoms with Crippen LogP contribution >= 0.6 is 0 Å². The van der Waals surface area contributed by atoms with Crippen molar-refractivity contribution in [3.05, 3.63) is 138 Å². The fourth-order valence-electron chi connectivity index (χ4n) is 6.39. The maximum atomic E-state index is 14.4. The number of nitrogens with one attached hydrogen (secondary N) is 6. The Morgan fingerprint density at radius 1 is 0.623 bits per heavy atom. The van der Waals surface area contributed by atoms with Crippen LogP contribution in [-0.2, 0) is 54.7 Å². The second kappa shape index (κ2) is 22.1. The van der Waals surface area contributed by atoms with E-state index in [0.717, 1.165) is 27.6 Å². The summed E-state index contributed by atoms with van der Waals surface area (Å²) < 4.78 is 17.4. The number of alkyl carbamates (subject to hydrolysis) is 1. The molecule has 0 spiro atoms. The van der Waals surface area contributed by atoms with Gasteiger partial charge in [-0.15, -0.1) is 0 Å². The molecule has 5 amide bonds. The van der Waals surface area contributed by atoms with Crippen LogP contribution in [0.5, 0.6) is 5.75 Å². The van der Waals surface area contributed by atoms with Gasteiger partial charge < -0.3 is 45.8 Å². The smallest absolute Gasteiger partial charge is 0.408 e. The highest BCUT2D eigenvalue weighted by molar-refractivity contribution is 5.96. The summed E-state index contributed by atoms with van der Waals surface area (Å²) in [4.78, 5) is 71.4. The fraction of sp³-hybridized carbons (Fsp3) is 0.340. The third kappa shape index (κ3) is 14.5. The lowest BCUT2D eigenvalue weighted by atomic mass is 10.0. The molecule has 1 aromatic heterocycles. The number of likely N-dealkylation sites (N-methyl/N-ethyl adjacent to an activating group) is 1. The lowest BCUT2D eigenvalue weighted by molar-refractivity contribution is -0.135. The molecule has 0 radical (unpaired) electrons. The topological polar surface area (TPSA) is 189 Å². The van der Waals surface area contributed by atoms with E-state index in [0.29, 0.717) is 24.5 Å². The van der Waals surface area contributed by atoms with Crippen LogP contribution in [0.4, 0.5) is 4.79 Å². The third-order valence-corrected chi connectivity index (χ3v) is 9.48.